The predicted molar refractivity (Wildman–Crippen MR) is 133 cm³/mol. The topological polar surface area (TPSA) is 103 Å². The summed E-state index contributed by atoms with van der Waals surface area (Å²) >= 11 is 6.52. The Labute approximate surface area is 208 Å². The van der Waals surface area contributed by atoms with E-state index in [1.54, 1.807) is 46.2 Å². The summed E-state index contributed by atoms with van der Waals surface area (Å²) in [5.74, 6) is -0.139. The normalized spacial score (nSPS) is 15.9. The molecule has 1 saturated heterocycles. The van der Waals surface area contributed by atoms with Crippen molar-refractivity contribution in [2.75, 3.05) is 26.2 Å². The molecule has 0 bridgehead atoms. The van der Waals surface area contributed by atoms with E-state index in [0.717, 1.165) is 6.42 Å². The second-order valence-corrected chi connectivity index (χ2v) is 9.04. The van der Waals surface area contributed by atoms with Crippen molar-refractivity contribution in [2.45, 2.75) is 32.9 Å². The lowest BCUT2D eigenvalue weighted by Gasteiger charge is -2.39. The van der Waals surface area contributed by atoms with Crippen LogP contribution in [0.1, 0.15) is 36.2 Å². The number of fused-ring (bicyclic) bond motifs is 1. The molecule has 0 radical (unpaired) electrons. The zero-order chi connectivity index (χ0) is 25.1. The fraction of sp³-hybridized carbons (Fsp3) is 0.346. The van der Waals surface area contributed by atoms with Gasteiger partial charge in [0.2, 0.25) is 0 Å². The lowest BCUT2D eigenvalue weighted by Crippen LogP contribution is -2.55. The van der Waals surface area contributed by atoms with Gasteiger partial charge in [-0.2, -0.15) is 0 Å². The van der Waals surface area contributed by atoms with Crippen LogP contribution >= 0.6 is 11.6 Å². The van der Waals surface area contributed by atoms with Gasteiger partial charge in [0, 0.05) is 47.8 Å². The molecular formula is C26H28ClN3O5. The minimum absolute atomic E-state index is 0.00368. The molecule has 2 aromatic carbocycles. The minimum Gasteiger partial charge on any atom is -0.508 e. The van der Waals surface area contributed by atoms with Crippen LogP contribution in [0.5, 0.6) is 5.75 Å². The van der Waals surface area contributed by atoms with Crippen LogP contribution in [0.4, 0.5) is 4.79 Å². The molecule has 35 heavy (non-hydrogen) atoms. The Bertz CT molecular complexity index is 1270. The van der Waals surface area contributed by atoms with Gasteiger partial charge in [0.15, 0.2) is 0 Å². The van der Waals surface area contributed by atoms with E-state index in [2.05, 4.69) is 0 Å². The summed E-state index contributed by atoms with van der Waals surface area (Å²) < 4.78 is 5.24. The van der Waals surface area contributed by atoms with Gasteiger partial charge in [-0.1, -0.05) is 24.6 Å². The third-order valence-electron chi connectivity index (χ3n) is 6.13. The maximum absolute atomic E-state index is 13.3. The van der Waals surface area contributed by atoms with Gasteiger partial charge in [-0.15, -0.1) is 0 Å². The second-order valence-electron chi connectivity index (χ2n) is 8.63. The molecule has 2 N–H and O–H groups in total. The molecule has 9 heteroatoms. The SMILES string of the molecule is CCCOC(=O)N1CCN(C(=O)c2ccc3c(Cl)cc(-c4ccc(O)c(CO)c4)nc3c2)C[C@@H]1C. The first kappa shape index (κ1) is 24.8. The van der Waals surface area contributed by atoms with Crippen LogP contribution in [0, 0.1) is 0 Å². The molecule has 184 valence electrons. The average Bonchev–Trinajstić information content (AvgIpc) is 2.86. The minimum atomic E-state index is -0.345. The Balaban J connectivity index is 1.57. The van der Waals surface area contributed by atoms with Crippen LogP contribution in [0.15, 0.2) is 42.5 Å². The number of hydrogen-bond donors (Lipinski definition) is 2. The zero-order valence-electron chi connectivity index (χ0n) is 19.7. The smallest absolute Gasteiger partial charge is 0.410 e. The molecule has 8 nitrogen and oxygen atoms in total. The zero-order valence-corrected chi connectivity index (χ0v) is 20.5. The largest absolute Gasteiger partial charge is 0.508 e. The molecule has 3 aromatic rings. The number of aliphatic hydroxyl groups excluding tert-OH is 1. The van der Waals surface area contributed by atoms with Gasteiger partial charge in [-0.25, -0.2) is 9.78 Å². The molecule has 4 rings (SSSR count). The van der Waals surface area contributed by atoms with Crippen molar-refractivity contribution >= 4 is 34.5 Å². The van der Waals surface area contributed by atoms with Crippen molar-refractivity contribution in [3.05, 3.63) is 58.6 Å². The van der Waals surface area contributed by atoms with Gasteiger partial charge in [0.05, 0.1) is 29.4 Å². The quantitative estimate of drug-likeness (QED) is 0.540. The van der Waals surface area contributed by atoms with E-state index in [4.69, 9.17) is 21.3 Å². The highest BCUT2D eigenvalue weighted by Crippen LogP contribution is 2.31. The molecule has 0 aliphatic carbocycles. The fourth-order valence-corrected chi connectivity index (χ4v) is 4.47. The van der Waals surface area contributed by atoms with Crippen LogP contribution in [-0.2, 0) is 11.3 Å². The molecule has 1 aromatic heterocycles. The van der Waals surface area contributed by atoms with Crippen LogP contribution in [0.3, 0.4) is 0 Å². The number of halogens is 1. The number of carbonyl (C=O) groups excluding carboxylic acids is 2. The molecule has 2 amide bonds. The maximum Gasteiger partial charge on any atom is 0.410 e. The number of aliphatic hydroxyl groups is 1. The number of pyridine rings is 1. The van der Waals surface area contributed by atoms with E-state index < -0.39 is 0 Å². The molecule has 0 saturated carbocycles. The predicted octanol–water partition coefficient (Wildman–Crippen LogP) is 4.45. The third-order valence-corrected chi connectivity index (χ3v) is 6.44. The van der Waals surface area contributed by atoms with Gasteiger partial charge in [-0.3, -0.25) is 4.79 Å². The summed E-state index contributed by atoms with van der Waals surface area (Å²) in [7, 11) is 0. The second kappa shape index (κ2) is 10.5. The molecule has 1 aliphatic heterocycles. The van der Waals surface area contributed by atoms with Crippen LogP contribution < -0.4 is 0 Å². The number of nitrogens with zero attached hydrogens (tertiary/aromatic N) is 3. The van der Waals surface area contributed by atoms with Crippen molar-refractivity contribution in [2.24, 2.45) is 0 Å². The number of phenols is 1. The Morgan fingerprint density at radius 3 is 2.69 bits per heavy atom. The first-order valence-corrected chi connectivity index (χ1v) is 12.0. The Morgan fingerprint density at radius 2 is 1.97 bits per heavy atom. The average molecular weight is 498 g/mol. The molecule has 2 heterocycles. The van der Waals surface area contributed by atoms with Crippen molar-refractivity contribution in [3.63, 3.8) is 0 Å². The van der Waals surface area contributed by atoms with Crippen LogP contribution in [-0.4, -0.2) is 69.3 Å². The highest BCUT2D eigenvalue weighted by atomic mass is 35.5. The number of aromatic nitrogens is 1. The van der Waals surface area contributed by atoms with E-state index in [1.165, 1.54) is 6.07 Å². The van der Waals surface area contributed by atoms with E-state index in [9.17, 15) is 19.8 Å². The third kappa shape index (κ3) is 5.18. The van der Waals surface area contributed by atoms with Crippen molar-refractivity contribution < 1.29 is 24.5 Å². The first-order valence-electron chi connectivity index (χ1n) is 11.6. The fourth-order valence-electron chi connectivity index (χ4n) is 4.21. The first-order chi connectivity index (χ1) is 16.8. The molecule has 1 atom stereocenters. The van der Waals surface area contributed by atoms with Crippen molar-refractivity contribution in [1.82, 2.24) is 14.8 Å². The van der Waals surface area contributed by atoms with E-state index in [1.807, 2.05) is 13.8 Å². The summed E-state index contributed by atoms with van der Waals surface area (Å²) in [5, 5.41) is 20.5. The monoisotopic (exact) mass is 497 g/mol. The summed E-state index contributed by atoms with van der Waals surface area (Å²) in [4.78, 5) is 33.6. The molecular weight excluding hydrogens is 470 g/mol. The van der Waals surface area contributed by atoms with E-state index in [0.29, 0.717) is 64.6 Å². The maximum atomic E-state index is 13.3. The highest BCUT2D eigenvalue weighted by Gasteiger charge is 2.31. The van der Waals surface area contributed by atoms with Gasteiger partial charge in [-0.05, 0) is 49.7 Å². The molecule has 0 unspecified atom stereocenters. The van der Waals surface area contributed by atoms with Gasteiger partial charge in [0.1, 0.15) is 5.75 Å². The van der Waals surface area contributed by atoms with Gasteiger partial charge < -0.3 is 24.7 Å². The summed E-state index contributed by atoms with van der Waals surface area (Å²) in [5.41, 5.74) is 2.68. The van der Waals surface area contributed by atoms with Crippen LogP contribution in [0.2, 0.25) is 5.02 Å². The Hall–Kier alpha value is -3.36. The lowest BCUT2D eigenvalue weighted by atomic mass is 10.0. The Kier molecular flexibility index (Phi) is 7.42. The highest BCUT2D eigenvalue weighted by molar-refractivity contribution is 6.35. The number of ether oxygens (including phenoxy) is 1. The van der Waals surface area contributed by atoms with Gasteiger partial charge >= 0.3 is 6.09 Å². The number of rotatable bonds is 5. The number of aromatic hydroxyl groups is 1. The van der Waals surface area contributed by atoms with Crippen molar-refractivity contribution in [3.8, 4) is 17.0 Å². The summed E-state index contributed by atoms with van der Waals surface area (Å²) in [6, 6.07) is 11.6. The van der Waals surface area contributed by atoms with Gasteiger partial charge in [0.25, 0.3) is 5.91 Å². The Morgan fingerprint density at radius 1 is 1.17 bits per heavy atom. The van der Waals surface area contributed by atoms with E-state index in [-0.39, 0.29) is 30.4 Å². The van der Waals surface area contributed by atoms with E-state index >= 15 is 0 Å². The number of benzene rings is 2. The standard InChI is InChI=1S/C26H28ClN3O5/c1-3-10-35-26(34)30-9-8-29(14-16(30)2)25(33)18-4-6-20-21(27)13-22(28-23(20)12-18)17-5-7-24(32)19(11-17)15-31/h4-7,11-13,16,31-32H,3,8-10,14-15H2,1-2H3/t16-/m0/s1. The molecule has 1 fully saturated rings. The number of carbonyl (C=O) groups is 2. The van der Waals surface area contributed by atoms with Crippen molar-refractivity contribution in [1.29, 1.82) is 0 Å². The van der Waals surface area contributed by atoms with Crippen LogP contribution in [0.25, 0.3) is 22.2 Å². The molecule has 0 spiro atoms. The number of piperazine rings is 1. The number of amides is 2. The molecule has 1 aliphatic rings. The lowest BCUT2D eigenvalue weighted by molar-refractivity contribution is 0.0412. The number of hydrogen-bond acceptors (Lipinski definition) is 6. The summed E-state index contributed by atoms with van der Waals surface area (Å²) in [6.45, 7) is 5.15. The summed E-state index contributed by atoms with van der Waals surface area (Å²) in [6.07, 6.45) is 0.414.